The van der Waals surface area contributed by atoms with E-state index in [0.717, 1.165) is 17.1 Å². The smallest absolute Gasteiger partial charge is 0.256 e. The van der Waals surface area contributed by atoms with Crippen LogP contribution in [0.15, 0.2) is 30.5 Å². The van der Waals surface area contributed by atoms with Crippen molar-refractivity contribution in [2.24, 2.45) is 0 Å². The van der Waals surface area contributed by atoms with Crippen molar-refractivity contribution in [3.05, 3.63) is 41.6 Å². The zero-order chi connectivity index (χ0) is 12.1. The van der Waals surface area contributed by atoms with Crippen molar-refractivity contribution in [2.75, 3.05) is 12.4 Å². The lowest BCUT2D eigenvalue weighted by atomic mass is 10.1. The molecule has 1 aromatic heterocycles. The second-order valence-electron chi connectivity index (χ2n) is 3.37. The van der Waals surface area contributed by atoms with Crippen LogP contribution in [0, 0.1) is 0 Å². The van der Waals surface area contributed by atoms with E-state index >= 15 is 0 Å². The Labute approximate surface area is 103 Å². The minimum Gasteiger partial charge on any atom is -0.380 e. The van der Waals surface area contributed by atoms with Crippen LogP contribution in [-0.4, -0.2) is 22.6 Å². The van der Waals surface area contributed by atoms with Gasteiger partial charge >= 0.3 is 0 Å². The summed E-state index contributed by atoms with van der Waals surface area (Å²) in [6.45, 7) is 0.542. The molecule has 0 unspecified atom stereocenters. The standard InChI is InChI=1S/C11H11N3O2S/c1-16-7-8-2-4-9(5-3-8)11(15)13-10-6-12-14-17-10/h2-6H,7H2,1H3,(H,13,15). The number of nitrogens with zero attached hydrogens (tertiary/aromatic N) is 2. The van der Waals surface area contributed by atoms with Crippen LogP contribution in [0.3, 0.4) is 0 Å². The third-order valence-corrected chi connectivity index (χ3v) is 2.71. The number of anilines is 1. The quantitative estimate of drug-likeness (QED) is 0.899. The largest absolute Gasteiger partial charge is 0.380 e. The monoisotopic (exact) mass is 249 g/mol. The molecule has 6 heteroatoms. The van der Waals surface area contributed by atoms with Crippen molar-refractivity contribution < 1.29 is 9.53 Å². The van der Waals surface area contributed by atoms with E-state index in [1.165, 1.54) is 6.20 Å². The molecule has 17 heavy (non-hydrogen) atoms. The van der Waals surface area contributed by atoms with Gasteiger partial charge in [-0.25, -0.2) is 0 Å². The van der Waals surface area contributed by atoms with Crippen molar-refractivity contribution in [3.8, 4) is 0 Å². The van der Waals surface area contributed by atoms with E-state index in [0.29, 0.717) is 17.2 Å². The highest BCUT2D eigenvalue weighted by Crippen LogP contribution is 2.12. The van der Waals surface area contributed by atoms with Crippen LogP contribution >= 0.6 is 11.5 Å². The lowest BCUT2D eigenvalue weighted by molar-refractivity contribution is 0.102. The van der Waals surface area contributed by atoms with Gasteiger partial charge in [0.15, 0.2) is 0 Å². The number of aromatic nitrogens is 2. The molecule has 1 heterocycles. The van der Waals surface area contributed by atoms with E-state index in [4.69, 9.17) is 4.74 Å². The molecule has 0 spiro atoms. The van der Waals surface area contributed by atoms with Gasteiger partial charge < -0.3 is 10.1 Å². The molecule has 0 radical (unpaired) electrons. The lowest BCUT2D eigenvalue weighted by Gasteiger charge is -2.03. The summed E-state index contributed by atoms with van der Waals surface area (Å²) in [6.07, 6.45) is 1.52. The Bertz CT molecular complexity index is 482. The third kappa shape index (κ3) is 3.08. The normalized spacial score (nSPS) is 10.2. The molecule has 1 N–H and O–H groups in total. The van der Waals surface area contributed by atoms with Crippen molar-refractivity contribution in [3.63, 3.8) is 0 Å². The minimum absolute atomic E-state index is 0.167. The van der Waals surface area contributed by atoms with Crippen LogP contribution in [0.25, 0.3) is 0 Å². The molecule has 1 aromatic carbocycles. The van der Waals surface area contributed by atoms with Crippen molar-refractivity contribution in [2.45, 2.75) is 6.61 Å². The van der Waals surface area contributed by atoms with Crippen LogP contribution in [0.2, 0.25) is 0 Å². The fourth-order valence-electron chi connectivity index (χ4n) is 1.33. The van der Waals surface area contributed by atoms with Crippen LogP contribution in [0.5, 0.6) is 0 Å². The van der Waals surface area contributed by atoms with Gasteiger partial charge in [-0.3, -0.25) is 4.79 Å². The number of methoxy groups -OCH3 is 1. The fourth-order valence-corrected chi connectivity index (χ4v) is 1.74. The van der Waals surface area contributed by atoms with E-state index in [1.807, 2.05) is 12.1 Å². The summed E-state index contributed by atoms with van der Waals surface area (Å²) >= 11 is 1.14. The lowest BCUT2D eigenvalue weighted by Crippen LogP contribution is -2.10. The molecule has 2 rings (SSSR count). The first-order chi connectivity index (χ1) is 8.29. The second-order valence-corrected chi connectivity index (χ2v) is 4.15. The molecule has 0 aliphatic heterocycles. The van der Waals surface area contributed by atoms with Crippen molar-refractivity contribution in [1.29, 1.82) is 0 Å². The highest BCUT2D eigenvalue weighted by Gasteiger charge is 2.07. The maximum absolute atomic E-state index is 11.8. The van der Waals surface area contributed by atoms with Crippen molar-refractivity contribution >= 4 is 22.4 Å². The number of carbonyl (C=O) groups excluding carboxylic acids is 1. The first-order valence-electron chi connectivity index (χ1n) is 4.96. The number of hydrogen-bond donors (Lipinski definition) is 1. The molecule has 0 aliphatic carbocycles. The second kappa shape index (κ2) is 5.51. The Morgan fingerprint density at radius 1 is 1.41 bits per heavy atom. The first kappa shape index (κ1) is 11.7. The summed E-state index contributed by atoms with van der Waals surface area (Å²) < 4.78 is 8.67. The molecule has 0 saturated heterocycles. The highest BCUT2D eigenvalue weighted by atomic mass is 32.1. The molecule has 1 amide bonds. The molecule has 0 fully saturated rings. The Hall–Kier alpha value is -1.79. The van der Waals surface area contributed by atoms with Gasteiger partial charge in [-0.1, -0.05) is 16.6 Å². The van der Waals surface area contributed by atoms with Gasteiger partial charge in [0.2, 0.25) is 0 Å². The SMILES string of the molecule is COCc1ccc(C(=O)Nc2cnns2)cc1. The summed E-state index contributed by atoms with van der Waals surface area (Å²) in [6, 6.07) is 7.25. The molecule has 0 atom stereocenters. The summed E-state index contributed by atoms with van der Waals surface area (Å²) in [7, 11) is 1.64. The molecule has 88 valence electrons. The van der Waals surface area contributed by atoms with E-state index in [2.05, 4.69) is 14.9 Å². The van der Waals surface area contributed by atoms with Gasteiger partial charge in [-0.15, -0.1) is 5.10 Å². The average Bonchev–Trinajstić information content (AvgIpc) is 2.83. The predicted molar refractivity (Wildman–Crippen MR) is 65.0 cm³/mol. The molecular weight excluding hydrogens is 238 g/mol. The van der Waals surface area contributed by atoms with E-state index in [1.54, 1.807) is 19.2 Å². The molecule has 0 aliphatic rings. The molecule has 0 saturated carbocycles. The van der Waals surface area contributed by atoms with Gasteiger partial charge in [-0.05, 0) is 17.7 Å². The Morgan fingerprint density at radius 2 is 2.18 bits per heavy atom. The first-order valence-corrected chi connectivity index (χ1v) is 5.73. The van der Waals surface area contributed by atoms with Crippen LogP contribution in [0.1, 0.15) is 15.9 Å². The molecule has 5 nitrogen and oxygen atoms in total. The summed E-state index contributed by atoms with van der Waals surface area (Å²) in [5.74, 6) is -0.167. The maximum Gasteiger partial charge on any atom is 0.256 e. The number of nitrogens with one attached hydrogen (secondary N) is 1. The fraction of sp³-hybridized carbons (Fsp3) is 0.182. The number of amides is 1. The van der Waals surface area contributed by atoms with Crippen LogP contribution in [0.4, 0.5) is 5.00 Å². The predicted octanol–water partition coefficient (Wildman–Crippen LogP) is 1.94. The Balaban J connectivity index is 2.04. The average molecular weight is 249 g/mol. The molecular formula is C11H11N3O2S. The minimum atomic E-state index is -0.167. The van der Waals surface area contributed by atoms with Crippen LogP contribution < -0.4 is 5.32 Å². The van der Waals surface area contributed by atoms with Crippen molar-refractivity contribution in [1.82, 2.24) is 9.59 Å². The molecule has 2 aromatic rings. The van der Waals surface area contributed by atoms with E-state index < -0.39 is 0 Å². The number of carbonyl (C=O) groups is 1. The number of benzene rings is 1. The van der Waals surface area contributed by atoms with Gasteiger partial charge in [0, 0.05) is 24.2 Å². The number of rotatable bonds is 4. The van der Waals surface area contributed by atoms with Crippen LogP contribution in [-0.2, 0) is 11.3 Å². The van der Waals surface area contributed by atoms with Gasteiger partial charge in [0.25, 0.3) is 5.91 Å². The summed E-state index contributed by atoms with van der Waals surface area (Å²) in [4.78, 5) is 11.8. The zero-order valence-electron chi connectivity index (χ0n) is 9.21. The third-order valence-electron chi connectivity index (χ3n) is 2.13. The van der Waals surface area contributed by atoms with Gasteiger partial charge in [0.1, 0.15) is 5.00 Å². The van der Waals surface area contributed by atoms with E-state index in [-0.39, 0.29) is 5.91 Å². The van der Waals surface area contributed by atoms with Gasteiger partial charge in [-0.2, -0.15) is 0 Å². The Morgan fingerprint density at radius 3 is 2.76 bits per heavy atom. The van der Waals surface area contributed by atoms with E-state index in [9.17, 15) is 4.79 Å². The Kier molecular flexibility index (Phi) is 3.79. The summed E-state index contributed by atoms with van der Waals surface area (Å²) in [5, 5.41) is 6.99. The molecule has 0 bridgehead atoms. The zero-order valence-corrected chi connectivity index (χ0v) is 10.0. The number of hydrogen-bond acceptors (Lipinski definition) is 5. The highest BCUT2D eigenvalue weighted by molar-refractivity contribution is 7.10. The topological polar surface area (TPSA) is 64.1 Å². The number of ether oxygens (including phenoxy) is 1. The van der Waals surface area contributed by atoms with Gasteiger partial charge in [0.05, 0.1) is 12.8 Å². The maximum atomic E-state index is 11.8. The summed E-state index contributed by atoms with van der Waals surface area (Å²) in [5.41, 5.74) is 1.63.